The molecule has 1 heterocycles. The highest BCUT2D eigenvalue weighted by Crippen LogP contribution is 2.25. The van der Waals surface area contributed by atoms with E-state index in [2.05, 4.69) is 4.72 Å². The van der Waals surface area contributed by atoms with Crippen LogP contribution >= 0.6 is 0 Å². The maximum absolute atomic E-state index is 12.4. The zero-order valence-electron chi connectivity index (χ0n) is 12.0. The topological polar surface area (TPSA) is 75.6 Å². The largest absolute Gasteiger partial charge is 0.388 e. The highest BCUT2D eigenvalue weighted by atomic mass is 32.2. The first-order valence-electron chi connectivity index (χ1n) is 7.40. The van der Waals surface area contributed by atoms with Gasteiger partial charge in [0.25, 0.3) is 0 Å². The van der Waals surface area contributed by atoms with Crippen LogP contribution in [0.1, 0.15) is 30.4 Å². The fourth-order valence-corrected chi connectivity index (χ4v) is 4.13. The number of fused-ring (bicyclic) bond motifs is 1. The first kappa shape index (κ1) is 15.0. The minimum atomic E-state index is -3.57. The fraction of sp³-hybridized carbons (Fsp3) is 0.600. The van der Waals surface area contributed by atoms with Crippen LogP contribution in [0.15, 0.2) is 23.1 Å². The van der Waals surface area contributed by atoms with Gasteiger partial charge in [0.05, 0.1) is 10.5 Å². The lowest BCUT2D eigenvalue weighted by Crippen LogP contribution is -2.46. The van der Waals surface area contributed by atoms with Crippen molar-refractivity contribution < 1.29 is 18.3 Å². The number of sulfonamides is 1. The third-order valence-electron chi connectivity index (χ3n) is 4.40. The van der Waals surface area contributed by atoms with Crippen molar-refractivity contribution in [2.45, 2.75) is 42.6 Å². The van der Waals surface area contributed by atoms with Gasteiger partial charge >= 0.3 is 0 Å². The fourth-order valence-electron chi connectivity index (χ4n) is 2.96. The molecule has 1 aromatic carbocycles. The molecule has 6 heteroatoms. The molecule has 3 rings (SSSR count). The van der Waals surface area contributed by atoms with Crippen LogP contribution in [0.4, 0.5) is 0 Å². The van der Waals surface area contributed by atoms with E-state index >= 15 is 0 Å². The Kier molecular flexibility index (Phi) is 4.05. The Morgan fingerprint density at radius 2 is 1.90 bits per heavy atom. The molecule has 0 bridgehead atoms. The van der Waals surface area contributed by atoms with Gasteiger partial charge in [-0.3, -0.25) is 0 Å². The second-order valence-corrected chi connectivity index (χ2v) is 7.71. The summed E-state index contributed by atoms with van der Waals surface area (Å²) in [6.45, 7) is 0.976. The molecule has 2 N–H and O–H groups in total. The summed E-state index contributed by atoms with van der Waals surface area (Å²) in [5, 5.41) is 10.3. The average molecular weight is 311 g/mol. The van der Waals surface area contributed by atoms with Gasteiger partial charge < -0.3 is 9.84 Å². The molecule has 5 nitrogen and oxygen atoms in total. The highest BCUT2D eigenvalue weighted by molar-refractivity contribution is 7.89. The van der Waals surface area contributed by atoms with Gasteiger partial charge in [0, 0.05) is 32.6 Å². The normalized spacial score (nSPS) is 21.2. The van der Waals surface area contributed by atoms with Crippen LogP contribution < -0.4 is 4.72 Å². The minimum Gasteiger partial charge on any atom is -0.388 e. The summed E-state index contributed by atoms with van der Waals surface area (Å²) in [4.78, 5) is 0.291. The highest BCUT2D eigenvalue weighted by Gasteiger charge is 2.31. The molecule has 1 aromatic rings. The summed E-state index contributed by atoms with van der Waals surface area (Å²) in [6, 6.07) is 5.32. The lowest BCUT2D eigenvalue weighted by Gasteiger charge is -2.31. The summed E-state index contributed by atoms with van der Waals surface area (Å²) >= 11 is 0. The lowest BCUT2D eigenvalue weighted by atomic mass is 9.95. The van der Waals surface area contributed by atoms with Crippen molar-refractivity contribution in [1.82, 2.24) is 4.72 Å². The predicted octanol–water partition coefficient (Wildman–Crippen LogP) is 0.995. The molecular weight excluding hydrogens is 290 g/mol. The van der Waals surface area contributed by atoms with Crippen molar-refractivity contribution in [3.8, 4) is 0 Å². The number of hydrogen-bond donors (Lipinski definition) is 2. The molecule has 1 aliphatic carbocycles. The van der Waals surface area contributed by atoms with Gasteiger partial charge in [0.1, 0.15) is 0 Å². The Hall–Kier alpha value is -0.950. The van der Waals surface area contributed by atoms with Gasteiger partial charge in [-0.15, -0.1) is 0 Å². The molecule has 1 fully saturated rings. The van der Waals surface area contributed by atoms with Gasteiger partial charge in [-0.2, -0.15) is 0 Å². The van der Waals surface area contributed by atoms with Crippen molar-refractivity contribution in [2.75, 3.05) is 19.8 Å². The number of aliphatic hydroxyl groups is 1. The van der Waals surface area contributed by atoms with Gasteiger partial charge in [0.15, 0.2) is 0 Å². The van der Waals surface area contributed by atoms with Crippen molar-refractivity contribution in [3.63, 3.8) is 0 Å². The van der Waals surface area contributed by atoms with Crippen LogP contribution in [0.3, 0.4) is 0 Å². The summed E-state index contributed by atoms with van der Waals surface area (Å²) < 4.78 is 32.5. The summed E-state index contributed by atoms with van der Waals surface area (Å²) in [5.41, 5.74) is 1.38. The molecule has 0 saturated carbocycles. The first-order chi connectivity index (χ1) is 9.99. The van der Waals surface area contributed by atoms with E-state index in [0.29, 0.717) is 31.0 Å². The third-order valence-corrected chi connectivity index (χ3v) is 5.79. The van der Waals surface area contributed by atoms with Crippen LogP contribution in [-0.2, 0) is 27.6 Å². The van der Waals surface area contributed by atoms with Crippen LogP contribution in [0.2, 0.25) is 0 Å². The smallest absolute Gasteiger partial charge is 0.240 e. The zero-order valence-corrected chi connectivity index (χ0v) is 12.8. The molecule has 116 valence electrons. The standard InChI is InChI=1S/C15H21NO4S/c17-15(6-8-20-9-7-15)11-16-21(18,19)14-5-4-12-2-1-3-13(12)10-14/h4-5,10,16-17H,1-3,6-9,11H2. The lowest BCUT2D eigenvalue weighted by molar-refractivity contribution is -0.0588. The number of hydrogen-bond acceptors (Lipinski definition) is 4. The van der Waals surface area contributed by atoms with E-state index in [1.54, 1.807) is 12.1 Å². The first-order valence-corrected chi connectivity index (χ1v) is 8.89. The second kappa shape index (κ2) is 5.68. The molecule has 1 saturated heterocycles. The van der Waals surface area contributed by atoms with E-state index in [-0.39, 0.29) is 6.54 Å². The zero-order chi connectivity index (χ0) is 14.9. The predicted molar refractivity (Wildman–Crippen MR) is 78.7 cm³/mol. The Morgan fingerprint density at radius 1 is 1.19 bits per heavy atom. The van der Waals surface area contributed by atoms with E-state index in [9.17, 15) is 13.5 Å². The monoisotopic (exact) mass is 311 g/mol. The number of aryl methyl sites for hydroxylation is 2. The van der Waals surface area contributed by atoms with Gasteiger partial charge in [0.2, 0.25) is 10.0 Å². The molecule has 0 atom stereocenters. The van der Waals surface area contributed by atoms with Crippen LogP contribution in [0.5, 0.6) is 0 Å². The van der Waals surface area contributed by atoms with Crippen molar-refractivity contribution in [3.05, 3.63) is 29.3 Å². The quantitative estimate of drug-likeness (QED) is 0.870. The maximum atomic E-state index is 12.4. The molecule has 0 spiro atoms. The molecule has 0 unspecified atom stereocenters. The average Bonchev–Trinajstić information content (AvgIpc) is 2.94. The maximum Gasteiger partial charge on any atom is 0.240 e. The van der Waals surface area contributed by atoms with Crippen LogP contribution in [0, 0.1) is 0 Å². The molecule has 21 heavy (non-hydrogen) atoms. The van der Waals surface area contributed by atoms with Crippen molar-refractivity contribution in [2.24, 2.45) is 0 Å². The molecule has 0 radical (unpaired) electrons. The summed E-state index contributed by atoms with van der Waals surface area (Å²) in [5.74, 6) is 0. The van der Waals surface area contributed by atoms with Crippen molar-refractivity contribution in [1.29, 1.82) is 0 Å². The van der Waals surface area contributed by atoms with Gasteiger partial charge in [-0.1, -0.05) is 6.07 Å². The minimum absolute atomic E-state index is 0.0375. The van der Waals surface area contributed by atoms with Crippen LogP contribution in [-0.4, -0.2) is 38.9 Å². The Bertz CT molecular complexity index is 621. The molecular formula is C15H21NO4S. The third kappa shape index (κ3) is 3.29. The number of nitrogens with one attached hydrogen (secondary N) is 1. The summed E-state index contributed by atoms with van der Waals surface area (Å²) in [6.07, 6.45) is 3.98. The molecule has 2 aliphatic rings. The second-order valence-electron chi connectivity index (χ2n) is 5.95. The van der Waals surface area contributed by atoms with Crippen molar-refractivity contribution >= 4 is 10.0 Å². The number of rotatable bonds is 4. The number of benzene rings is 1. The van der Waals surface area contributed by atoms with Crippen LogP contribution in [0.25, 0.3) is 0 Å². The Morgan fingerprint density at radius 3 is 2.67 bits per heavy atom. The summed E-state index contributed by atoms with van der Waals surface area (Å²) in [7, 11) is -3.57. The van der Waals surface area contributed by atoms with E-state index in [0.717, 1.165) is 24.8 Å². The molecule has 1 aliphatic heterocycles. The van der Waals surface area contributed by atoms with E-state index in [4.69, 9.17) is 4.74 Å². The Labute approximate surface area is 125 Å². The number of ether oxygens (including phenoxy) is 1. The van der Waals surface area contributed by atoms with Gasteiger partial charge in [-0.05, 0) is 42.5 Å². The van der Waals surface area contributed by atoms with E-state index in [1.807, 2.05) is 6.07 Å². The Balaban J connectivity index is 1.72. The van der Waals surface area contributed by atoms with E-state index in [1.165, 1.54) is 5.56 Å². The SMILES string of the molecule is O=S(=O)(NCC1(O)CCOCC1)c1ccc2c(c1)CCC2. The van der Waals surface area contributed by atoms with E-state index < -0.39 is 15.6 Å². The van der Waals surface area contributed by atoms with Gasteiger partial charge in [-0.25, -0.2) is 13.1 Å². The molecule has 0 aromatic heterocycles. The molecule has 0 amide bonds.